The van der Waals surface area contributed by atoms with Gasteiger partial charge in [0.1, 0.15) is 0 Å². The Morgan fingerprint density at radius 1 is 1.24 bits per heavy atom. The molecule has 3 rings (SSSR count). The van der Waals surface area contributed by atoms with E-state index in [-0.39, 0.29) is 17.6 Å². The molecule has 2 aromatic carbocycles. The van der Waals surface area contributed by atoms with Crippen molar-refractivity contribution >= 4 is 22.7 Å². The molecule has 0 amide bonds. The number of fused-ring (bicyclic) bond motifs is 1. The highest BCUT2D eigenvalue weighted by atomic mass is 16.6. The van der Waals surface area contributed by atoms with Crippen LogP contribution >= 0.6 is 0 Å². The first-order valence-corrected chi connectivity index (χ1v) is 7.86. The van der Waals surface area contributed by atoms with Gasteiger partial charge in [-0.1, -0.05) is 44.2 Å². The highest BCUT2D eigenvalue weighted by Crippen LogP contribution is 2.27. The third kappa shape index (κ3) is 3.50. The van der Waals surface area contributed by atoms with Crippen LogP contribution in [-0.2, 0) is 11.3 Å². The van der Waals surface area contributed by atoms with Crippen LogP contribution < -0.4 is 4.74 Å². The van der Waals surface area contributed by atoms with Crippen molar-refractivity contribution in [2.75, 3.05) is 0 Å². The Bertz CT molecular complexity index is 932. The number of benzene rings is 2. The Hall–Kier alpha value is -3.22. The zero-order valence-electron chi connectivity index (χ0n) is 13.9. The molecule has 0 aliphatic heterocycles. The largest absolute Gasteiger partial charge is 0.392 e. The van der Waals surface area contributed by atoms with Crippen molar-refractivity contribution in [1.82, 2.24) is 9.55 Å². The average molecular weight is 339 g/mol. The summed E-state index contributed by atoms with van der Waals surface area (Å²) in [6.45, 7) is 3.91. The second-order valence-electron chi connectivity index (χ2n) is 5.97. The van der Waals surface area contributed by atoms with E-state index in [0.29, 0.717) is 17.6 Å². The van der Waals surface area contributed by atoms with Crippen LogP contribution in [0.2, 0.25) is 0 Å². The zero-order valence-corrected chi connectivity index (χ0v) is 13.9. The summed E-state index contributed by atoms with van der Waals surface area (Å²) in [4.78, 5) is 26.8. The first-order valence-electron chi connectivity index (χ1n) is 7.86. The third-order valence-corrected chi connectivity index (χ3v) is 3.75. The normalized spacial score (nSPS) is 11.0. The number of nitro groups is 1. The van der Waals surface area contributed by atoms with E-state index >= 15 is 0 Å². The minimum Gasteiger partial charge on any atom is -0.392 e. The molecule has 0 saturated carbocycles. The van der Waals surface area contributed by atoms with Crippen LogP contribution in [0.1, 0.15) is 19.4 Å². The van der Waals surface area contributed by atoms with Crippen molar-refractivity contribution in [1.29, 1.82) is 0 Å². The quantitative estimate of drug-likeness (QED) is 0.403. The number of esters is 1. The molecule has 25 heavy (non-hydrogen) atoms. The molecule has 0 aliphatic carbocycles. The fourth-order valence-electron chi connectivity index (χ4n) is 2.41. The predicted octanol–water partition coefficient (Wildman–Crippen LogP) is 3.55. The van der Waals surface area contributed by atoms with Crippen molar-refractivity contribution in [2.24, 2.45) is 5.92 Å². The maximum absolute atomic E-state index is 12.0. The van der Waals surface area contributed by atoms with Crippen molar-refractivity contribution < 1.29 is 14.5 Å². The van der Waals surface area contributed by atoms with Crippen LogP contribution in [0.15, 0.2) is 48.5 Å². The summed E-state index contributed by atoms with van der Waals surface area (Å²) in [7, 11) is 0. The summed E-state index contributed by atoms with van der Waals surface area (Å²) in [6.07, 6.45) is 0. The molecule has 0 saturated heterocycles. The molecule has 0 bridgehead atoms. The van der Waals surface area contributed by atoms with Crippen LogP contribution in [0.25, 0.3) is 11.0 Å². The molecule has 7 heteroatoms. The molecule has 0 unspecified atom stereocenters. The van der Waals surface area contributed by atoms with Gasteiger partial charge in [0.15, 0.2) is 0 Å². The first-order chi connectivity index (χ1) is 12.0. The Kier molecular flexibility index (Phi) is 4.47. The monoisotopic (exact) mass is 339 g/mol. The Balaban J connectivity index is 2.09. The molecule has 1 aromatic heterocycles. The number of imidazole rings is 1. The van der Waals surface area contributed by atoms with E-state index in [1.54, 1.807) is 24.5 Å². The summed E-state index contributed by atoms with van der Waals surface area (Å²) < 4.78 is 7.15. The fourth-order valence-corrected chi connectivity index (χ4v) is 2.41. The molecular weight excluding hydrogens is 322 g/mol. The minimum absolute atomic E-state index is 0.0569. The van der Waals surface area contributed by atoms with Crippen LogP contribution in [0.4, 0.5) is 5.69 Å². The van der Waals surface area contributed by atoms with Crippen LogP contribution in [0.5, 0.6) is 6.01 Å². The summed E-state index contributed by atoms with van der Waals surface area (Å²) in [5.41, 5.74) is 2.03. The predicted molar refractivity (Wildman–Crippen MR) is 92.4 cm³/mol. The summed E-state index contributed by atoms with van der Waals surface area (Å²) in [6, 6.07) is 14.2. The lowest BCUT2D eigenvalue weighted by Gasteiger charge is -2.10. The molecule has 0 fully saturated rings. The van der Waals surface area contributed by atoms with E-state index in [1.807, 2.05) is 30.3 Å². The number of rotatable bonds is 5. The van der Waals surface area contributed by atoms with Gasteiger partial charge in [-0.2, -0.15) is 4.98 Å². The van der Waals surface area contributed by atoms with Gasteiger partial charge in [0.2, 0.25) is 0 Å². The lowest BCUT2D eigenvalue weighted by molar-refractivity contribution is -0.384. The van der Waals surface area contributed by atoms with E-state index in [0.717, 1.165) is 5.56 Å². The summed E-state index contributed by atoms with van der Waals surface area (Å²) in [5.74, 6) is -0.710. The number of aromatic nitrogens is 2. The molecule has 0 atom stereocenters. The fraction of sp³-hybridized carbons (Fsp3) is 0.222. The Labute approximate surface area is 144 Å². The molecule has 0 N–H and O–H groups in total. The van der Waals surface area contributed by atoms with Crippen molar-refractivity contribution in [2.45, 2.75) is 20.4 Å². The lowest BCUT2D eigenvalue weighted by atomic mass is 10.2. The van der Waals surface area contributed by atoms with Gasteiger partial charge < -0.3 is 4.74 Å². The van der Waals surface area contributed by atoms with E-state index in [2.05, 4.69) is 4.98 Å². The number of nitro benzene ring substituents is 1. The Morgan fingerprint density at radius 3 is 2.60 bits per heavy atom. The summed E-state index contributed by atoms with van der Waals surface area (Å²) in [5, 5.41) is 11.0. The molecule has 0 radical (unpaired) electrons. The number of carbonyl (C=O) groups excluding carboxylic acids is 1. The van der Waals surface area contributed by atoms with Gasteiger partial charge in [-0.05, 0) is 11.6 Å². The van der Waals surface area contributed by atoms with E-state index < -0.39 is 10.9 Å². The standard InChI is InChI=1S/C18H17N3O4/c1-12(2)17(22)25-18-19-15-10-14(21(23)24)8-9-16(15)20(18)11-13-6-4-3-5-7-13/h3-10,12H,11H2,1-2H3. The topological polar surface area (TPSA) is 87.3 Å². The second-order valence-corrected chi connectivity index (χ2v) is 5.97. The van der Waals surface area contributed by atoms with Gasteiger partial charge in [0.05, 0.1) is 28.4 Å². The van der Waals surface area contributed by atoms with Gasteiger partial charge in [-0.15, -0.1) is 0 Å². The van der Waals surface area contributed by atoms with Gasteiger partial charge in [0.25, 0.3) is 5.69 Å². The lowest BCUT2D eigenvalue weighted by Crippen LogP contribution is -2.17. The number of non-ortho nitro benzene ring substituents is 1. The molecule has 0 aliphatic rings. The first kappa shape index (κ1) is 16.6. The van der Waals surface area contributed by atoms with Crippen LogP contribution in [0, 0.1) is 16.0 Å². The molecule has 7 nitrogen and oxygen atoms in total. The van der Waals surface area contributed by atoms with Crippen LogP contribution in [0.3, 0.4) is 0 Å². The van der Waals surface area contributed by atoms with E-state index in [9.17, 15) is 14.9 Å². The number of hydrogen-bond donors (Lipinski definition) is 0. The van der Waals surface area contributed by atoms with Gasteiger partial charge >= 0.3 is 12.0 Å². The van der Waals surface area contributed by atoms with Gasteiger partial charge in [-0.3, -0.25) is 19.5 Å². The zero-order chi connectivity index (χ0) is 18.0. The molecule has 1 heterocycles. The van der Waals surface area contributed by atoms with Crippen molar-refractivity contribution in [3.63, 3.8) is 0 Å². The molecule has 3 aromatic rings. The SMILES string of the molecule is CC(C)C(=O)Oc1nc2cc([N+](=O)[O-])ccc2n1Cc1ccccc1. The highest BCUT2D eigenvalue weighted by molar-refractivity contribution is 5.81. The van der Waals surface area contributed by atoms with Crippen molar-refractivity contribution in [3.05, 3.63) is 64.2 Å². The minimum atomic E-state index is -0.477. The smallest absolute Gasteiger partial charge is 0.316 e. The highest BCUT2D eigenvalue weighted by Gasteiger charge is 2.19. The molecule has 128 valence electrons. The van der Waals surface area contributed by atoms with Crippen LogP contribution in [-0.4, -0.2) is 20.4 Å². The number of nitrogens with zero attached hydrogens (tertiary/aromatic N) is 3. The number of carbonyl (C=O) groups is 1. The second kappa shape index (κ2) is 6.72. The third-order valence-electron chi connectivity index (χ3n) is 3.75. The maximum Gasteiger partial charge on any atom is 0.316 e. The van der Waals surface area contributed by atoms with E-state index in [4.69, 9.17) is 4.74 Å². The van der Waals surface area contributed by atoms with Gasteiger partial charge in [-0.25, -0.2) is 0 Å². The maximum atomic E-state index is 12.0. The van der Waals surface area contributed by atoms with E-state index in [1.165, 1.54) is 12.1 Å². The van der Waals surface area contributed by atoms with Gasteiger partial charge in [0, 0.05) is 12.1 Å². The molecular formula is C18H17N3O4. The molecule has 0 spiro atoms. The summed E-state index contributed by atoms with van der Waals surface area (Å²) >= 11 is 0. The van der Waals surface area contributed by atoms with Crippen molar-refractivity contribution in [3.8, 4) is 6.01 Å². The number of hydrogen-bond acceptors (Lipinski definition) is 5. The Morgan fingerprint density at radius 2 is 1.96 bits per heavy atom. The average Bonchev–Trinajstić information content (AvgIpc) is 2.92. The number of ether oxygens (including phenoxy) is 1.